The van der Waals surface area contributed by atoms with Gasteiger partial charge in [-0.2, -0.15) is 0 Å². The Hall–Kier alpha value is -2.59. The quantitative estimate of drug-likeness (QED) is 0.810. The van der Waals surface area contributed by atoms with Crippen molar-refractivity contribution in [2.45, 2.75) is 6.92 Å². The smallest absolute Gasteiger partial charge is 0.277 e. The van der Waals surface area contributed by atoms with E-state index in [2.05, 4.69) is 0 Å². The van der Waals surface area contributed by atoms with Crippen molar-refractivity contribution >= 4 is 34.7 Å². The predicted molar refractivity (Wildman–Crippen MR) is 89.4 cm³/mol. The van der Waals surface area contributed by atoms with Crippen molar-refractivity contribution in [1.29, 1.82) is 0 Å². The van der Waals surface area contributed by atoms with E-state index in [0.717, 1.165) is 10.5 Å². The number of halogens is 1. The van der Waals surface area contributed by atoms with Crippen molar-refractivity contribution in [3.63, 3.8) is 0 Å². The molecule has 0 radical (unpaired) electrons. The molecule has 0 spiro atoms. The number of rotatable bonds is 3. The molecule has 23 heavy (non-hydrogen) atoms. The van der Waals surface area contributed by atoms with E-state index in [4.69, 9.17) is 16.3 Å². The van der Waals surface area contributed by atoms with E-state index in [-0.39, 0.29) is 10.6 Å². The second-order valence-electron chi connectivity index (χ2n) is 5.17. The molecule has 1 aliphatic heterocycles. The normalized spacial score (nSPS) is 14.7. The fourth-order valence-corrected chi connectivity index (χ4v) is 2.86. The van der Waals surface area contributed by atoms with E-state index in [1.54, 1.807) is 42.5 Å². The molecule has 0 unspecified atom stereocenters. The van der Waals surface area contributed by atoms with Gasteiger partial charge in [-0.25, -0.2) is 4.90 Å². The van der Waals surface area contributed by atoms with Gasteiger partial charge in [-0.1, -0.05) is 41.9 Å². The molecular weight excluding hydrogens is 314 g/mol. The lowest BCUT2D eigenvalue weighted by atomic mass is 10.0. The molecule has 2 aromatic carbocycles. The van der Waals surface area contributed by atoms with Gasteiger partial charge in [-0.3, -0.25) is 9.59 Å². The van der Waals surface area contributed by atoms with Crippen LogP contribution in [0.1, 0.15) is 11.1 Å². The second-order valence-corrected chi connectivity index (χ2v) is 5.55. The van der Waals surface area contributed by atoms with Gasteiger partial charge in [-0.15, -0.1) is 0 Å². The molecular formula is C18H14ClNO3. The first-order valence-corrected chi connectivity index (χ1v) is 7.41. The summed E-state index contributed by atoms with van der Waals surface area (Å²) >= 11 is 6.18. The van der Waals surface area contributed by atoms with Crippen molar-refractivity contribution in [2.24, 2.45) is 0 Å². The van der Waals surface area contributed by atoms with Gasteiger partial charge in [0.1, 0.15) is 10.8 Å². The average molecular weight is 328 g/mol. The zero-order valence-corrected chi connectivity index (χ0v) is 13.4. The van der Waals surface area contributed by atoms with Gasteiger partial charge >= 0.3 is 0 Å². The number of hydrogen-bond acceptors (Lipinski definition) is 3. The summed E-state index contributed by atoms with van der Waals surface area (Å²) in [4.78, 5) is 26.4. The first kappa shape index (κ1) is 15.3. The van der Waals surface area contributed by atoms with Crippen LogP contribution >= 0.6 is 11.6 Å². The van der Waals surface area contributed by atoms with Crippen molar-refractivity contribution in [2.75, 3.05) is 12.0 Å². The number of benzene rings is 2. The molecule has 1 heterocycles. The summed E-state index contributed by atoms with van der Waals surface area (Å²) in [6, 6.07) is 14.1. The molecule has 5 heteroatoms. The number of carbonyl (C=O) groups is 2. The van der Waals surface area contributed by atoms with Crippen LogP contribution in [0.4, 0.5) is 5.69 Å². The van der Waals surface area contributed by atoms with Gasteiger partial charge in [0, 0.05) is 5.56 Å². The number of hydrogen-bond donors (Lipinski definition) is 0. The van der Waals surface area contributed by atoms with Crippen LogP contribution in [0, 0.1) is 6.92 Å². The summed E-state index contributed by atoms with van der Waals surface area (Å²) in [5.41, 5.74) is 2.12. The lowest BCUT2D eigenvalue weighted by molar-refractivity contribution is -0.119. The minimum Gasteiger partial charge on any atom is -0.496 e. The number of ether oxygens (including phenoxy) is 1. The predicted octanol–water partition coefficient (Wildman–Crippen LogP) is 3.53. The molecule has 2 aromatic rings. The van der Waals surface area contributed by atoms with E-state index in [0.29, 0.717) is 17.0 Å². The molecule has 1 aliphatic rings. The molecule has 116 valence electrons. The minimum atomic E-state index is -0.525. The number of carbonyl (C=O) groups excluding carboxylic acids is 2. The third-order valence-electron chi connectivity index (χ3n) is 3.66. The van der Waals surface area contributed by atoms with Crippen LogP contribution in [0.2, 0.25) is 0 Å². The van der Waals surface area contributed by atoms with Gasteiger partial charge in [0.25, 0.3) is 11.8 Å². The van der Waals surface area contributed by atoms with Crippen molar-refractivity contribution in [3.8, 4) is 5.75 Å². The van der Waals surface area contributed by atoms with Crippen LogP contribution in [-0.4, -0.2) is 18.9 Å². The molecule has 0 aliphatic carbocycles. The van der Waals surface area contributed by atoms with Gasteiger partial charge in [0.15, 0.2) is 0 Å². The molecule has 0 bridgehead atoms. The maximum atomic E-state index is 12.8. The van der Waals surface area contributed by atoms with E-state index >= 15 is 0 Å². The number of anilines is 1. The van der Waals surface area contributed by atoms with Crippen LogP contribution in [0.5, 0.6) is 5.75 Å². The highest BCUT2D eigenvalue weighted by Crippen LogP contribution is 2.38. The number of amides is 2. The Balaban J connectivity index is 2.10. The monoisotopic (exact) mass is 327 g/mol. The number of aryl methyl sites for hydroxylation is 1. The third-order valence-corrected chi connectivity index (χ3v) is 4.01. The zero-order valence-electron chi connectivity index (χ0n) is 12.7. The summed E-state index contributed by atoms with van der Waals surface area (Å²) < 4.78 is 5.27. The molecule has 0 atom stereocenters. The Labute approximate surface area is 138 Å². The van der Waals surface area contributed by atoms with Gasteiger partial charge in [-0.05, 0) is 30.7 Å². The Kier molecular flexibility index (Phi) is 3.92. The number of imide groups is 1. The average Bonchev–Trinajstić information content (AvgIpc) is 2.77. The Morgan fingerprint density at radius 1 is 1.00 bits per heavy atom. The zero-order chi connectivity index (χ0) is 16.6. The maximum Gasteiger partial charge on any atom is 0.277 e. The Morgan fingerprint density at radius 3 is 2.43 bits per heavy atom. The van der Waals surface area contributed by atoms with Gasteiger partial charge in [0.2, 0.25) is 0 Å². The Morgan fingerprint density at radius 2 is 1.74 bits per heavy atom. The SMILES string of the molecule is COc1ccccc1C1=C(Cl)C(=O)N(c2cccc(C)c2)C1=O. The maximum absolute atomic E-state index is 12.8. The van der Waals surface area contributed by atoms with Crippen LogP contribution in [0.3, 0.4) is 0 Å². The minimum absolute atomic E-state index is 0.0963. The van der Waals surface area contributed by atoms with E-state index in [1.807, 2.05) is 13.0 Å². The first-order valence-electron chi connectivity index (χ1n) is 7.03. The molecule has 0 saturated carbocycles. The first-order chi connectivity index (χ1) is 11.0. The highest BCUT2D eigenvalue weighted by molar-refractivity contribution is 6.60. The fourth-order valence-electron chi connectivity index (χ4n) is 2.59. The molecule has 2 amide bonds. The lowest BCUT2D eigenvalue weighted by Crippen LogP contribution is -2.31. The summed E-state index contributed by atoms with van der Waals surface area (Å²) in [6.45, 7) is 1.89. The Bertz CT molecular complexity index is 842. The molecule has 3 rings (SSSR count). The highest BCUT2D eigenvalue weighted by atomic mass is 35.5. The topological polar surface area (TPSA) is 46.6 Å². The van der Waals surface area contributed by atoms with Crippen molar-refractivity contribution in [3.05, 3.63) is 64.7 Å². The summed E-state index contributed by atoms with van der Waals surface area (Å²) in [6.07, 6.45) is 0. The number of methoxy groups -OCH3 is 1. The largest absolute Gasteiger partial charge is 0.496 e. The molecule has 0 fully saturated rings. The second kappa shape index (κ2) is 5.89. The standard InChI is InChI=1S/C18H14ClNO3/c1-11-6-5-7-12(10-11)20-17(21)15(16(19)18(20)22)13-8-3-4-9-14(13)23-2/h3-10H,1-2H3. The van der Waals surface area contributed by atoms with Gasteiger partial charge < -0.3 is 4.74 Å². The lowest BCUT2D eigenvalue weighted by Gasteiger charge is -2.16. The van der Waals surface area contributed by atoms with Gasteiger partial charge in [0.05, 0.1) is 18.4 Å². The molecule has 4 nitrogen and oxygen atoms in total. The van der Waals surface area contributed by atoms with Crippen molar-refractivity contribution in [1.82, 2.24) is 0 Å². The van der Waals surface area contributed by atoms with Crippen LogP contribution in [0.15, 0.2) is 53.6 Å². The van der Waals surface area contributed by atoms with E-state index < -0.39 is 11.8 Å². The molecule has 0 saturated heterocycles. The van der Waals surface area contributed by atoms with Crippen LogP contribution in [-0.2, 0) is 9.59 Å². The summed E-state index contributed by atoms with van der Waals surface area (Å²) in [5.74, 6) is -0.480. The fraction of sp³-hybridized carbons (Fsp3) is 0.111. The highest BCUT2D eigenvalue weighted by Gasteiger charge is 2.40. The van der Waals surface area contributed by atoms with Crippen molar-refractivity contribution < 1.29 is 14.3 Å². The molecule has 0 aromatic heterocycles. The summed E-state index contributed by atoms with van der Waals surface area (Å²) in [5, 5.41) is -0.0963. The molecule has 0 N–H and O–H groups in total. The third kappa shape index (κ3) is 2.51. The summed E-state index contributed by atoms with van der Waals surface area (Å²) in [7, 11) is 1.51. The van der Waals surface area contributed by atoms with Crippen LogP contribution in [0.25, 0.3) is 5.57 Å². The van der Waals surface area contributed by atoms with E-state index in [1.165, 1.54) is 7.11 Å². The van der Waals surface area contributed by atoms with E-state index in [9.17, 15) is 9.59 Å². The van der Waals surface area contributed by atoms with Crippen LogP contribution < -0.4 is 9.64 Å². The number of nitrogens with zero attached hydrogens (tertiary/aromatic N) is 1. The number of para-hydroxylation sites is 1.